The van der Waals surface area contributed by atoms with Crippen LogP contribution in [0.2, 0.25) is 0 Å². The lowest BCUT2D eigenvalue weighted by Gasteiger charge is -2.02. The van der Waals surface area contributed by atoms with Crippen LogP contribution >= 0.6 is 23.1 Å². The predicted octanol–water partition coefficient (Wildman–Crippen LogP) is 3.27. The summed E-state index contributed by atoms with van der Waals surface area (Å²) < 4.78 is 1.86. The van der Waals surface area contributed by atoms with Gasteiger partial charge in [-0.25, -0.2) is 9.67 Å². The molecule has 4 aromatic rings. The van der Waals surface area contributed by atoms with Gasteiger partial charge in [-0.3, -0.25) is 4.79 Å². The normalized spacial score (nSPS) is 14.2. The van der Waals surface area contributed by atoms with Gasteiger partial charge in [-0.2, -0.15) is 0 Å². The van der Waals surface area contributed by atoms with Gasteiger partial charge < -0.3 is 4.98 Å². The smallest absolute Gasteiger partial charge is 0.259 e. The first-order chi connectivity index (χ1) is 12.8. The van der Waals surface area contributed by atoms with Crippen LogP contribution in [0.15, 0.2) is 46.3 Å². The molecule has 0 bridgehead atoms. The van der Waals surface area contributed by atoms with Crippen molar-refractivity contribution in [2.24, 2.45) is 0 Å². The van der Waals surface area contributed by atoms with Crippen LogP contribution in [-0.4, -0.2) is 30.2 Å². The third-order valence-electron chi connectivity index (χ3n) is 4.20. The first kappa shape index (κ1) is 15.7. The lowest BCUT2D eigenvalue weighted by molar-refractivity contribution is 0.565. The fraction of sp³-hybridized carbons (Fsp3) is 0.235. The van der Waals surface area contributed by atoms with E-state index >= 15 is 0 Å². The summed E-state index contributed by atoms with van der Waals surface area (Å²) in [7, 11) is 0. The number of tetrazole rings is 1. The van der Waals surface area contributed by atoms with Gasteiger partial charge in [-0.15, -0.1) is 16.4 Å². The molecule has 1 N–H and O–H groups in total. The summed E-state index contributed by atoms with van der Waals surface area (Å²) >= 11 is 3.03. The molecule has 7 nitrogen and oxygen atoms in total. The number of hydrogen-bond donors (Lipinski definition) is 1. The Morgan fingerprint density at radius 3 is 2.92 bits per heavy atom. The topological polar surface area (TPSA) is 89.4 Å². The molecule has 0 radical (unpaired) electrons. The molecule has 5 rings (SSSR count). The number of rotatable bonds is 5. The Bertz CT molecular complexity index is 1130. The van der Waals surface area contributed by atoms with Crippen molar-refractivity contribution in [2.75, 3.05) is 0 Å². The molecule has 1 aliphatic rings. The molecule has 0 unspecified atom stereocenters. The monoisotopic (exact) mass is 382 g/mol. The summed E-state index contributed by atoms with van der Waals surface area (Å²) in [6.07, 6.45) is 2.24. The maximum absolute atomic E-state index is 12.4. The van der Waals surface area contributed by atoms with Crippen molar-refractivity contribution in [3.63, 3.8) is 0 Å². The van der Waals surface area contributed by atoms with Crippen LogP contribution in [0, 0.1) is 0 Å². The number of H-pyrrole nitrogens is 1. The highest BCUT2D eigenvalue weighted by molar-refractivity contribution is 7.98. The van der Waals surface area contributed by atoms with Crippen LogP contribution < -0.4 is 5.56 Å². The van der Waals surface area contributed by atoms with E-state index in [0.717, 1.165) is 33.3 Å². The van der Waals surface area contributed by atoms with Crippen molar-refractivity contribution in [1.29, 1.82) is 0 Å². The van der Waals surface area contributed by atoms with Gasteiger partial charge in [0.2, 0.25) is 5.16 Å². The van der Waals surface area contributed by atoms with Crippen LogP contribution in [0.5, 0.6) is 0 Å². The molecule has 1 aromatic carbocycles. The zero-order valence-corrected chi connectivity index (χ0v) is 15.3. The molecule has 0 saturated heterocycles. The lowest BCUT2D eigenvalue weighted by Crippen LogP contribution is -2.10. The van der Waals surface area contributed by atoms with Crippen LogP contribution in [0.3, 0.4) is 0 Å². The zero-order chi connectivity index (χ0) is 17.5. The number of fused-ring (bicyclic) bond motifs is 1. The van der Waals surface area contributed by atoms with Crippen molar-refractivity contribution < 1.29 is 0 Å². The SMILES string of the molecule is O=c1[nH]c(CSc2nnnn2C2CC2)nc2sc(-c3ccccc3)cc12. The Morgan fingerprint density at radius 1 is 1.27 bits per heavy atom. The average Bonchev–Trinajstić information content (AvgIpc) is 3.23. The van der Waals surface area contributed by atoms with E-state index in [1.165, 1.54) is 23.1 Å². The van der Waals surface area contributed by atoms with E-state index in [2.05, 4.69) is 25.5 Å². The van der Waals surface area contributed by atoms with Gasteiger partial charge >= 0.3 is 0 Å². The number of thiophene rings is 1. The van der Waals surface area contributed by atoms with Crippen molar-refractivity contribution in [3.8, 4) is 10.4 Å². The second-order valence-electron chi connectivity index (χ2n) is 6.13. The maximum Gasteiger partial charge on any atom is 0.259 e. The Labute approximate surface area is 156 Å². The van der Waals surface area contributed by atoms with Crippen molar-refractivity contribution in [3.05, 3.63) is 52.6 Å². The van der Waals surface area contributed by atoms with E-state index in [1.807, 2.05) is 41.1 Å². The minimum absolute atomic E-state index is 0.106. The standard InChI is InChI=1S/C17H14N6OS2/c24-15-12-8-13(10-4-2-1-3-5-10)26-16(12)19-14(18-15)9-25-17-20-21-22-23(17)11-6-7-11/h1-5,8,11H,6-7,9H2,(H,18,19,24). The van der Waals surface area contributed by atoms with Crippen LogP contribution in [-0.2, 0) is 5.75 Å². The van der Waals surface area contributed by atoms with Gasteiger partial charge in [-0.1, -0.05) is 42.1 Å². The number of nitrogens with one attached hydrogen (secondary N) is 1. The van der Waals surface area contributed by atoms with Gasteiger partial charge in [0.25, 0.3) is 5.56 Å². The minimum atomic E-state index is -0.106. The van der Waals surface area contributed by atoms with E-state index in [4.69, 9.17) is 0 Å². The molecule has 9 heteroatoms. The molecule has 0 atom stereocenters. The summed E-state index contributed by atoms with van der Waals surface area (Å²) in [5.41, 5.74) is 0.986. The summed E-state index contributed by atoms with van der Waals surface area (Å²) in [4.78, 5) is 21.8. The van der Waals surface area contributed by atoms with Gasteiger partial charge in [0.1, 0.15) is 10.7 Å². The summed E-state index contributed by atoms with van der Waals surface area (Å²) in [6, 6.07) is 12.4. The third-order valence-corrected chi connectivity index (χ3v) is 6.23. The molecule has 0 amide bonds. The Kier molecular flexibility index (Phi) is 3.83. The van der Waals surface area contributed by atoms with Crippen LogP contribution in [0.1, 0.15) is 24.7 Å². The van der Waals surface area contributed by atoms with E-state index in [-0.39, 0.29) is 5.56 Å². The Morgan fingerprint density at radius 2 is 2.12 bits per heavy atom. The first-order valence-corrected chi connectivity index (χ1v) is 10.1. The quantitative estimate of drug-likeness (QED) is 0.533. The molecule has 1 saturated carbocycles. The molecular weight excluding hydrogens is 368 g/mol. The number of aromatic nitrogens is 6. The highest BCUT2D eigenvalue weighted by atomic mass is 32.2. The van der Waals surface area contributed by atoms with Crippen molar-refractivity contribution in [2.45, 2.75) is 29.8 Å². The third kappa shape index (κ3) is 2.93. The van der Waals surface area contributed by atoms with E-state index in [9.17, 15) is 4.79 Å². The zero-order valence-electron chi connectivity index (χ0n) is 13.6. The van der Waals surface area contributed by atoms with Crippen molar-refractivity contribution in [1.82, 2.24) is 30.2 Å². The van der Waals surface area contributed by atoms with Crippen molar-refractivity contribution >= 4 is 33.3 Å². The molecule has 3 heterocycles. The molecule has 0 spiro atoms. The van der Waals surface area contributed by atoms with Gasteiger partial charge in [0, 0.05) is 4.88 Å². The minimum Gasteiger partial charge on any atom is -0.309 e. The summed E-state index contributed by atoms with van der Waals surface area (Å²) in [5, 5.41) is 13.3. The fourth-order valence-corrected chi connectivity index (χ4v) is 4.62. The second kappa shape index (κ2) is 6.33. The molecule has 1 aliphatic carbocycles. The molecular formula is C17H14N6OS2. The number of benzene rings is 1. The predicted molar refractivity (Wildman–Crippen MR) is 101 cm³/mol. The van der Waals surface area contributed by atoms with Crippen LogP contribution in [0.4, 0.5) is 0 Å². The largest absolute Gasteiger partial charge is 0.309 e. The number of aromatic amines is 1. The summed E-state index contributed by atoms with van der Waals surface area (Å²) in [5.74, 6) is 1.16. The van der Waals surface area contributed by atoms with Crippen LogP contribution in [0.25, 0.3) is 20.7 Å². The van der Waals surface area contributed by atoms with E-state index < -0.39 is 0 Å². The Hall–Kier alpha value is -2.52. The van der Waals surface area contributed by atoms with Gasteiger partial charge in [-0.05, 0) is 34.9 Å². The number of nitrogens with zero attached hydrogens (tertiary/aromatic N) is 5. The van der Waals surface area contributed by atoms with E-state index in [0.29, 0.717) is 23.0 Å². The molecule has 0 aliphatic heterocycles. The highest BCUT2D eigenvalue weighted by Crippen LogP contribution is 2.37. The maximum atomic E-state index is 12.4. The molecule has 26 heavy (non-hydrogen) atoms. The molecule has 3 aromatic heterocycles. The molecule has 1 fully saturated rings. The fourth-order valence-electron chi connectivity index (χ4n) is 2.75. The summed E-state index contributed by atoms with van der Waals surface area (Å²) in [6.45, 7) is 0. The second-order valence-corrected chi connectivity index (χ2v) is 8.11. The number of hydrogen-bond acceptors (Lipinski definition) is 7. The van der Waals surface area contributed by atoms with Gasteiger partial charge in [0.15, 0.2) is 0 Å². The average molecular weight is 382 g/mol. The van der Waals surface area contributed by atoms with E-state index in [1.54, 1.807) is 0 Å². The number of thioether (sulfide) groups is 1. The first-order valence-electron chi connectivity index (χ1n) is 8.27. The Balaban J connectivity index is 1.43. The molecule has 130 valence electrons. The lowest BCUT2D eigenvalue weighted by atomic mass is 10.2. The highest BCUT2D eigenvalue weighted by Gasteiger charge is 2.28. The van der Waals surface area contributed by atoms with Gasteiger partial charge in [0.05, 0.1) is 17.2 Å².